The van der Waals surface area contributed by atoms with Crippen LogP contribution in [0.5, 0.6) is 5.75 Å². The molecule has 0 aliphatic carbocycles. The lowest BCUT2D eigenvalue weighted by molar-refractivity contribution is -0.153. The van der Waals surface area contributed by atoms with Gasteiger partial charge in [0.25, 0.3) is 0 Å². The van der Waals surface area contributed by atoms with E-state index in [0.717, 1.165) is 17.7 Å². The Labute approximate surface area is 108 Å². The standard InChI is InChI=1S/C15H20O3/c1-3-11(2)8-15(14(16)17)9-12-6-4-5-7-13(12)18-10-15/h4-7,11H,3,8-10H2,1-2H3,(H,16,17). The molecule has 1 aliphatic heterocycles. The highest BCUT2D eigenvalue weighted by Crippen LogP contribution is 2.39. The van der Waals surface area contributed by atoms with Crippen LogP contribution < -0.4 is 4.74 Å². The summed E-state index contributed by atoms with van der Waals surface area (Å²) in [7, 11) is 0. The molecule has 3 nitrogen and oxygen atoms in total. The number of carbonyl (C=O) groups is 1. The van der Waals surface area contributed by atoms with E-state index in [4.69, 9.17) is 4.74 Å². The second kappa shape index (κ2) is 5.01. The van der Waals surface area contributed by atoms with E-state index in [-0.39, 0.29) is 6.61 Å². The molecular weight excluding hydrogens is 228 g/mol. The zero-order chi connectivity index (χ0) is 13.2. The molecule has 0 saturated carbocycles. The quantitative estimate of drug-likeness (QED) is 0.890. The maximum absolute atomic E-state index is 11.7. The molecule has 0 amide bonds. The van der Waals surface area contributed by atoms with Crippen molar-refractivity contribution in [3.05, 3.63) is 29.8 Å². The zero-order valence-electron chi connectivity index (χ0n) is 11.0. The number of hydrogen-bond acceptors (Lipinski definition) is 2. The van der Waals surface area contributed by atoms with Crippen LogP contribution >= 0.6 is 0 Å². The molecular formula is C15H20O3. The number of carboxylic acids is 1. The minimum Gasteiger partial charge on any atom is -0.492 e. The van der Waals surface area contributed by atoms with Crippen molar-refractivity contribution in [2.45, 2.75) is 33.1 Å². The van der Waals surface area contributed by atoms with Crippen LogP contribution in [0, 0.1) is 11.3 Å². The lowest BCUT2D eigenvalue weighted by Crippen LogP contribution is -2.43. The average Bonchev–Trinajstić information content (AvgIpc) is 2.38. The lowest BCUT2D eigenvalue weighted by Gasteiger charge is -2.36. The number of para-hydroxylation sites is 1. The molecule has 0 saturated heterocycles. The molecule has 1 N–H and O–H groups in total. The topological polar surface area (TPSA) is 46.5 Å². The smallest absolute Gasteiger partial charge is 0.313 e. The normalized spacial score (nSPS) is 23.9. The highest BCUT2D eigenvalue weighted by molar-refractivity contribution is 5.76. The van der Waals surface area contributed by atoms with Crippen molar-refractivity contribution >= 4 is 5.97 Å². The second-order valence-corrected chi connectivity index (χ2v) is 5.38. The van der Waals surface area contributed by atoms with Crippen LogP contribution in [0.25, 0.3) is 0 Å². The Morgan fingerprint density at radius 1 is 1.50 bits per heavy atom. The highest BCUT2D eigenvalue weighted by Gasteiger charge is 2.43. The van der Waals surface area contributed by atoms with Gasteiger partial charge in [-0.3, -0.25) is 4.79 Å². The maximum Gasteiger partial charge on any atom is 0.313 e. The summed E-state index contributed by atoms with van der Waals surface area (Å²) in [6.07, 6.45) is 2.24. The molecule has 98 valence electrons. The number of carboxylic acid groups (broad SMARTS) is 1. The summed E-state index contributed by atoms with van der Waals surface area (Å²) in [5.41, 5.74) is 0.249. The monoisotopic (exact) mass is 248 g/mol. The van der Waals surface area contributed by atoms with Gasteiger partial charge in [-0.05, 0) is 30.4 Å². The Balaban J connectivity index is 2.27. The Morgan fingerprint density at radius 2 is 2.22 bits per heavy atom. The van der Waals surface area contributed by atoms with E-state index >= 15 is 0 Å². The molecule has 2 atom stereocenters. The van der Waals surface area contributed by atoms with Gasteiger partial charge in [-0.2, -0.15) is 0 Å². The van der Waals surface area contributed by atoms with Gasteiger partial charge in [0.15, 0.2) is 0 Å². The van der Waals surface area contributed by atoms with E-state index in [2.05, 4.69) is 13.8 Å². The Bertz CT molecular complexity index is 441. The molecule has 2 unspecified atom stereocenters. The first-order valence-electron chi connectivity index (χ1n) is 6.51. The second-order valence-electron chi connectivity index (χ2n) is 5.38. The van der Waals surface area contributed by atoms with Gasteiger partial charge < -0.3 is 9.84 Å². The van der Waals surface area contributed by atoms with Gasteiger partial charge in [0.1, 0.15) is 17.8 Å². The molecule has 1 aromatic carbocycles. The van der Waals surface area contributed by atoms with E-state index in [0.29, 0.717) is 18.8 Å². The molecule has 1 aromatic rings. The van der Waals surface area contributed by atoms with Crippen molar-refractivity contribution in [1.29, 1.82) is 0 Å². The SMILES string of the molecule is CCC(C)CC1(C(=O)O)COc2ccccc2C1. The third kappa shape index (κ3) is 2.35. The lowest BCUT2D eigenvalue weighted by atomic mass is 9.74. The molecule has 0 aromatic heterocycles. The van der Waals surface area contributed by atoms with Crippen molar-refractivity contribution < 1.29 is 14.6 Å². The van der Waals surface area contributed by atoms with E-state index in [1.807, 2.05) is 24.3 Å². The van der Waals surface area contributed by atoms with Gasteiger partial charge in [0.05, 0.1) is 0 Å². The molecule has 0 spiro atoms. The fourth-order valence-electron chi connectivity index (χ4n) is 2.59. The fourth-order valence-corrected chi connectivity index (χ4v) is 2.59. The van der Waals surface area contributed by atoms with Crippen LogP contribution in [0.3, 0.4) is 0 Å². The minimum atomic E-state index is -0.760. The summed E-state index contributed by atoms with van der Waals surface area (Å²) < 4.78 is 5.67. The van der Waals surface area contributed by atoms with Crippen molar-refractivity contribution in [2.24, 2.45) is 11.3 Å². The Hall–Kier alpha value is -1.51. The number of fused-ring (bicyclic) bond motifs is 1. The van der Waals surface area contributed by atoms with Crippen LogP contribution in [0.15, 0.2) is 24.3 Å². The number of aliphatic carboxylic acids is 1. The van der Waals surface area contributed by atoms with Gasteiger partial charge in [-0.25, -0.2) is 0 Å². The van der Waals surface area contributed by atoms with Crippen molar-refractivity contribution in [3.8, 4) is 5.75 Å². The molecule has 0 radical (unpaired) electrons. The highest BCUT2D eigenvalue weighted by atomic mass is 16.5. The molecule has 3 heteroatoms. The van der Waals surface area contributed by atoms with Crippen LogP contribution in [0.1, 0.15) is 32.3 Å². The van der Waals surface area contributed by atoms with Gasteiger partial charge >= 0.3 is 5.97 Å². The number of ether oxygens (including phenoxy) is 1. The van der Waals surface area contributed by atoms with Crippen LogP contribution in [-0.2, 0) is 11.2 Å². The van der Waals surface area contributed by atoms with Crippen molar-refractivity contribution in [1.82, 2.24) is 0 Å². The summed E-state index contributed by atoms with van der Waals surface area (Å²) >= 11 is 0. The molecule has 0 bridgehead atoms. The maximum atomic E-state index is 11.7. The third-order valence-electron chi connectivity index (χ3n) is 3.90. The number of hydrogen-bond donors (Lipinski definition) is 1. The van der Waals surface area contributed by atoms with Gasteiger partial charge in [0.2, 0.25) is 0 Å². The summed E-state index contributed by atoms with van der Waals surface area (Å²) in [6.45, 7) is 4.48. The van der Waals surface area contributed by atoms with Crippen LogP contribution in [0.2, 0.25) is 0 Å². The largest absolute Gasteiger partial charge is 0.492 e. The van der Waals surface area contributed by atoms with Gasteiger partial charge in [-0.1, -0.05) is 38.5 Å². The Morgan fingerprint density at radius 3 is 2.89 bits per heavy atom. The van der Waals surface area contributed by atoms with Crippen LogP contribution in [0.4, 0.5) is 0 Å². The number of benzene rings is 1. The predicted molar refractivity (Wildman–Crippen MR) is 69.8 cm³/mol. The first-order chi connectivity index (χ1) is 8.57. The average molecular weight is 248 g/mol. The van der Waals surface area contributed by atoms with Gasteiger partial charge in [0, 0.05) is 0 Å². The molecule has 18 heavy (non-hydrogen) atoms. The fraction of sp³-hybridized carbons (Fsp3) is 0.533. The zero-order valence-corrected chi connectivity index (χ0v) is 11.0. The summed E-state index contributed by atoms with van der Waals surface area (Å²) in [5, 5.41) is 9.58. The molecule has 0 fully saturated rings. The number of rotatable bonds is 4. The summed E-state index contributed by atoms with van der Waals surface area (Å²) in [5.74, 6) is 0.491. The minimum absolute atomic E-state index is 0.281. The van der Waals surface area contributed by atoms with Crippen LogP contribution in [-0.4, -0.2) is 17.7 Å². The van der Waals surface area contributed by atoms with Crippen molar-refractivity contribution in [3.63, 3.8) is 0 Å². The van der Waals surface area contributed by atoms with Gasteiger partial charge in [-0.15, -0.1) is 0 Å². The van der Waals surface area contributed by atoms with Crippen molar-refractivity contribution in [2.75, 3.05) is 6.61 Å². The first-order valence-corrected chi connectivity index (χ1v) is 6.51. The Kier molecular flexibility index (Phi) is 3.60. The van der Waals surface area contributed by atoms with E-state index in [1.54, 1.807) is 0 Å². The van der Waals surface area contributed by atoms with E-state index in [9.17, 15) is 9.90 Å². The third-order valence-corrected chi connectivity index (χ3v) is 3.90. The molecule has 1 heterocycles. The first kappa shape index (κ1) is 12.9. The molecule has 1 aliphatic rings. The summed E-state index contributed by atoms with van der Waals surface area (Å²) in [6, 6.07) is 7.72. The molecule has 2 rings (SSSR count). The summed E-state index contributed by atoms with van der Waals surface area (Å²) in [4.78, 5) is 11.7. The van der Waals surface area contributed by atoms with E-state index < -0.39 is 11.4 Å². The van der Waals surface area contributed by atoms with E-state index in [1.165, 1.54) is 0 Å². The predicted octanol–water partition coefficient (Wildman–Crippen LogP) is 3.13.